The molecule has 3 heteroatoms. The first kappa shape index (κ1) is 14.4. The van der Waals surface area contributed by atoms with Crippen LogP contribution in [0.25, 0.3) is 0 Å². The van der Waals surface area contributed by atoms with Gasteiger partial charge in [-0.05, 0) is 41.9 Å². The highest BCUT2D eigenvalue weighted by Crippen LogP contribution is 2.40. The van der Waals surface area contributed by atoms with Crippen molar-refractivity contribution in [2.24, 2.45) is 11.7 Å². The van der Waals surface area contributed by atoms with Crippen molar-refractivity contribution >= 4 is 11.8 Å². The van der Waals surface area contributed by atoms with Crippen molar-refractivity contribution in [2.75, 3.05) is 5.75 Å². The molecule has 0 spiro atoms. The molecule has 1 aromatic rings. The van der Waals surface area contributed by atoms with E-state index in [4.69, 9.17) is 5.73 Å². The lowest BCUT2D eigenvalue weighted by atomic mass is 9.87. The van der Waals surface area contributed by atoms with Gasteiger partial charge in [0.2, 0.25) is 0 Å². The Hall–Kier alpha value is -0.980. The van der Waals surface area contributed by atoms with Crippen LogP contribution in [0.3, 0.4) is 0 Å². The van der Waals surface area contributed by atoms with Crippen LogP contribution in [0.4, 0.5) is 0 Å². The van der Waals surface area contributed by atoms with Crippen LogP contribution in [0, 0.1) is 17.2 Å². The van der Waals surface area contributed by atoms with Gasteiger partial charge in [0.25, 0.3) is 0 Å². The van der Waals surface area contributed by atoms with Crippen molar-refractivity contribution in [2.45, 2.75) is 49.5 Å². The Bertz CT molecular complexity index is 477. The van der Waals surface area contributed by atoms with Gasteiger partial charge in [-0.1, -0.05) is 32.9 Å². The molecule has 1 aromatic carbocycles. The van der Waals surface area contributed by atoms with Gasteiger partial charge in [0, 0.05) is 10.6 Å². The molecule has 1 atom stereocenters. The Labute approximate surface area is 120 Å². The number of thioether (sulfide) groups is 1. The molecule has 102 valence electrons. The van der Waals surface area contributed by atoms with Crippen LogP contribution < -0.4 is 5.73 Å². The number of hydrogen-bond acceptors (Lipinski definition) is 3. The van der Waals surface area contributed by atoms with Crippen LogP contribution in [0.5, 0.6) is 0 Å². The maximum Gasteiger partial charge on any atom is 0.116 e. The quantitative estimate of drug-likeness (QED) is 0.852. The maximum absolute atomic E-state index is 9.24. The van der Waals surface area contributed by atoms with E-state index in [2.05, 4.69) is 51.1 Å². The zero-order valence-corrected chi connectivity index (χ0v) is 12.8. The largest absolute Gasteiger partial charge is 0.312 e. The standard InChI is InChI=1S/C16H22N2S/c1-15(2,3)12-6-8-14(9-7-12)19-11-16(18,10-17)13-4-5-13/h6-9,13H,4-5,11,18H2,1-3H3. The highest BCUT2D eigenvalue weighted by Gasteiger charge is 2.42. The molecule has 0 amide bonds. The topological polar surface area (TPSA) is 49.8 Å². The summed E-state index contributed by atoms with van der Waals surface area (Å²) in [5, 5.41) is 9.24. The van der Waals surface area contributed by atoms with E-state index in [1.807, 2.05) is 0 Å². The Kier molecular flexibility index (Phi) is 3.94. The van der Waals surface area contributed by atoms with Crippen LogP contribution >= 0.6 is 11.8 Å². The number of hydrogen-bond donors (Lipinski definition) is 1. The van der Waals surface area contributed by atoms with Crippen molar-refractivity contribution in [1.29, 1.82) is 5.26 Å². The lowest BCUT2D eigenvalue weighted by Gasteiger charge is -2.21. The summed E-state index contributed by atoms with van der Waals surface area (Å²) >= 11 is 1.69. The van der Waals surface area contributed by atoms with E-state index in [0.717, 1.165) is 12.8 Å². The van der Waals surface area contributed by atoms with Gasteiger partial charge in [-0.25, -0.2) is 0 Å². The summed E-state index contributed by atoms with van der Waals surface area (Å²) in [5.41, 5.74) is 7.04. The normalized spacial score (nSPS) is 18.7. The molecule has 1 aliphatic carbocycles. The smallest absolute Gasteiger partial charge is 0.116 e. The van der Waals surface area contributed by atoms with E-state index in [1.54, 1.807) is 11.8 Å². The number of nitrogens with two attached hydrogens (primary N) is 1. The molecule has 0 saturated heterocycles. The molecule has 0 aromatic heterocycles. The average Bonchev–Trinajstić information content (AvgIpc) is 3.20. The van der Waals surface area contributed by atoms with E-state index < -0.39 is 5.54 Å². The Morgan fingerprint density at radius 1 is 1.26 bits per heavy atom. The monoisotopic (exact) mass is 274 g/mol. The van der Waals surface area contributed by atoms with Crippen LogP contribution in [-0.4, -0.2) is 11.3 Å². The molecular formula is C16H22N2S. The van der Waals surface area contributed by atoms with E-state index in [1.165, 1.54) is 10.5 Å². The summed E-state index contributed by atoms with van der Waals surface area (Å²) in [6.07, 6.45) is 2.21. The first-order valence-corrected chi connectivity index (χ1v) is 7.77. The van der Waals surface area contributed by atoms with Gasteiger partial charge in [0.05, 0.1) is 6.07 Å². The maximum atomic E-state index is 9.24. The highest BCUT2D eigenvalue weighted by molar-refractivity contribution is 7.99. The summed E-state index contributed by atoms with van der Waals surface area (Å²) in [7, 11) is 0. The summed E-state index contributed by atoms with van der Waals surface area (Å²) in [6.45, 7) is 6.63. The van der Waals surface area contributed by atoms with Gasteiger partial charge in [0.15, 0.2) is 0 Å². The van der Waals surface area contributed by atoms with Crippen LogP contribution in [0.1, 0.15) is 39.2 Å². The molecule has 19 heavy (non-hydrogen) atoms. The minimum Gasteiger partial charge on any atom is -0.312 e. The SMILES string of the molecule is CC(C)(C)c1ccc(SCC(N)(C#N)C2CC2)cc1. The molecular weight excluding hydrogens is 252 g/mol. The number of nitrogens with zero attached hydrogens (tertiary/aromatic N) is 1. The fourth-order valence-corrected chi connectivity index (χ4v) is 3.13. The van der Waals surface area contributed by atoms with Crippen LogP contribution in [0.15, 0.2) is 29.2 Å². The van der Waals surface area contributed by atoms with Gasteiger partial charge in [-0.3, -0.25) is 0 Å². The third-order valence-electron chi connectivity index (χ3n) is 3.71. The molecule has 1 aliphatic rings. The third-order valence-corrected chi connectivity index (χ3v) is 4.94. The molecule has 2 nitrogen and oxygen atoms in total. The molecule has 0 radical (unpaired) electrons. The first-order chi connectivity index (χ1) is 8.85. The van der Waals surface area contributed by atoms with Crippen molar-refractivity contribution in [3.05, 3.63) is 29.8 Å². The van der Waals surface area contributed by atoms with Gasteiger partial charge < -0.3 is 5.73 Å². The summed E-state index contributed by atoms with van der Waals surface area (Å²) < 4.78 is 0. The Balaban J connectivity index is 1.99. The third kappa shape index (κ3) is 3.52. The minimum absolute atomic E-state index is 0.182. The Morgan fingerprint density at radius 3 is 2.26 bits per heavy atom. The second-order valence-corrected chi connectivity index (χ2v) is 7.54. The summed E-state index contributed by atoms with van der Waals surface area (Å²) in [5.74, 6) is 1.09. The molecule has 1 unspecified atom stereocenters. The molecule has 2 rings (SSSR count). The first-order valence-electron chi connectivity index (χ1n) is 6.79. The molecule has 2 N–H and O–H groups in total. The fraction of sp³-hybridized carbons (Fsp3) is 0.562. The highest BCUT2D eigenvalue weighted by atomic mass is 32.2. The predicted molar refractivity (Wildman–Crippen MR) is 81.1 cm³/mol. The number of benzene rings is 1. The van der Waals surface area contributed by atoms with Gasteiger partial charge in [-0.15, -0.1) is 11.8 Å². The van der Waals surface area contributed by atoms with Crippen molar-refractivity contribution in [3.63, 3.8) is 0 Å². The fourth-order valence-electron chi connectivity index (χ4n) is 2.09. The molecule has 0 aliphatic heterocycles. The summed E-state index contributed by atoms with van der Waals surface area (Å²) in [6, 6.07) is 10.9. The van der Waals surface area contributed by atoms with Gasteiger partial charge in [-0.2, -0.15) is 5.26 Å². The molecule has 0 bridgehead atoms. The molecule has 1 fully saturated rings. The van der Waals surface area contributed by atoms with Crippen molar-refractivity contribution in [3.8, 4) is 6.07 Å². The molecule has 0 heterocycles. The van der Waals surface area contributed by atoms with Gasteiger partial charge in [0.1, 0.15) is 5.54 Å². The second-order valence-electron chi connectivity index (χ2n) is 6.49. The van der Waals surface area contributed by atoms with E-state index in [9.17, 15) is 5.26 Å². The lowest BCUT2D eigenvalue weighted by Crippen LogP contribution is -2.43. The zero-order valence-electron chi connectivity index (χ0n) is 11.9. The lowest BCUT2D eigenvalue weighted by molar-refractivity contribution is 0.532. The van der Waals surface area contributed by atoms with E-state index >= 15 is 0 Å². The van der Waals surface area contributed by atoms with E-state index in [-0.39, 0.29) is 5.41 Å². The Morgan fingerprint density at radius 2 is 1.84 bits per heavy atom. The van der Waals surface area contributed by atoms with Crippen LogP contribution in [0.2, 0.25) is 0 Å². The zero-order chi connectivity index (χ0) is 14.1. The van der Waals surface area contributed by atoms with Crippen molar-refractivity contribution in [1.82, 2.24) is 0 Å². The van der Waals surface area contributed by atoms with E-state index in [0.29, 0.717) is 11.7 Å². The second kappa shape index (κ2) is 5.19. The molecule has 1 saturated carbocycles. The predicted octanol–water partition coefficient (Wildman–Crippen LogP) is 3.71. The number of nitriles is 1. The average molecular weight is 274 g/mol. The summed E-state index contributed by atoms with van der Waals surface area (Å²) in [4.78, 5) is 1.19. The minimum atomic E-state index is -0.645. The number of rotatable bonds is 4. The van der Waals surface area contributed by atoms with Gasteiger partial charge >= 0.3 is 0 Å². The van der Waals surface area contributed by atoms with Crippen molar-refractivity contribution < 1.29 is 0 Å². The van der Waals surface area contributed by atoms with Crippen LogP contribution in [-0.2, 0) is 5.41 Å².